The summed E-state index contributed by atoms with van der Waals surface area (Å²) < 4.78 is 11.1. The van der Waals surface area contributed by atoms with E-state index in [4.69, 9.17) is 9.47 Å². The molecule has 1 amide bonds. The van der Waals surface area contributed by atoms with Crippen molar-refractivity contribution in [3.63, 3.8) is 0 Å². The third-order valence-electron chi connectivity index (χ3n) is 5.70. The summed E-state index contributed by atoms with van der Waals surface area (Å²) in [4.78, 5) is 27.5. The van der Waals surface area contributed by atoms with Gasteiger partial charge in [-0.15, -0.1) is 0 Å². The molecular weight excluding hydrogens is 368 g/mol. The molecule has 0 bridgehead atoms. The highest BCUT2D eigenvalue weighted by molar-refractivity contribution is 5.98. The normalized spacial score (nSPS) is 18.1. The molecule has 0 aromatic heterocycles. The highest BCUT2D eigenvalue weighted by Crippen LogP contribution is 2.32. The van der Waals surface area contributed by atoms with Crippen LogP contribution in [0.25, 0.3) is 0 Å². The van der Waals surface area contributed by atoms with E-state index in [0.29, 0.717) is 30.4 Å². The zero-order valence-electron chi connectivity index (χ0n) is 16.6. The van der Waals surface area contributed by atoms with Crippen LogP contribution >= 0.6 is 0 Å². The first-order valence-corrected chi connectivity index (χ1v) is 10.2. The molecule has 1 saturated heterocycles. The van der Waals surface area contributed by atoms with E-state index in [-0.39, 0.29) is 23.7 Å². The minimum absolute atomic E-state index is 0.0294. The molecule has 2 aliphatic rings. The third kappa shape index (κ3) is 4.43. The molecule has 0 radical (unpaired) electrons. The van der Waals surface area contributed by atoms with E-state index in [2.05, 4.69) is 10.2 Å². The van der Waals surface area contributed by atoms with E-state index in [1.165, 1.54) is 0 Å². The first-order chi connectivity index (χ1) is 14.1. The van der Waals surface area contributed by atoms with Crippen LogP contribution in [0.1, 0.15) is 30.1 Å². The first kappa shape index (κ1) is 19.5. The summed E-state index contributed by atoms with van der Waals surface area (Å²) in [7, 11) is 0. The predicted molar refractivity (Wildman–Crippen MR) is 111 cm³/mol. The first-order valence-electron chi connectivity index (χ1n) is 10.2. The Bertz CT molecular complexity index is 876. The Labute approximate surface area is 170 Å². The molecule has 1 atom stereocenters. The molecule has 4 rings (SSSR count). The third-order valence-corrected chi connectivity index (χ3v) is 5.70. The van der Waals surface area contributed by atoms with E-state index in [0.717, 1.165) is 31.5 Å². The Balaban J connectivity index is 1.31. The predicted octanol–water partition coefficient (Wildman–Crippen LogP) is 3.38. The van der Waals surface area contributed by atoms with Gasteiger partial charge in [-0.2, -0.15) is 0 Å². The number of hydrogen-bond acceptors (Lipinski definition) is 5. The molecule has 0 saturated carbocycles. The van der Waals surface area contributed by atoms with Crippen LogP contribution in [-0.2, 0) is 4.79 Å². The lowest BCUT2D eigenvalue weighted by atomic mass is 9.88. The van der Waals surface area contributed by atoms with Crippen LogP contribution in [-0.4, -0.2) is 48.9 Å². The van der Waals surface area contributed by atoms with Gasteiger partial charge in [0.05, 0.1) is 6.04 Å². The van der Waals surface area contributed by atoms with Gasteiger partial charge in [0.2, 0.25) is 5.91 Å². The number of carbonyl (C=O) groups excluding carboxylic acids is 2. The van der Waals surface area contributed by atoms with Gasteiger partial charge in [0.25, 0.3) is 0 Å². The van der Waals surface area contributed by atoms with Crippen molar-refractivity contribution >= 4 is 17.4 Å². The smallest absolute Gasteiger partial charge is 0.241 e. The number of nitrogens with one attached hydrogen (secondary N) is 1. The van der Waals surface area contributed by atoms with Crippen LogP contribution in [0.15, 0.2) is 48.5 Å². The van der Waals surface area contributed by atoms with E-state index >= 15 is 0 Å². The van der Waals surface area contributed by atoms with Crippen molar-refractivity contribution in [1.82, 2.24) is 4.90 Å². The number of benzene rings is 2. The van der Waals surface area contributed by atoms with Crippen LogP contribution in [0.2, 0.25) is 0 Å². The number of Topliss-reactive ketones (excluding diaryl/α,β-unsaturated/α-hetero) is 1. The second kappa shape index (κ2) is 8.66. The number of rotatable bonds is 5. The maximum absolute atomic E-state index is 12.7. The zero-order valence-corrected chi connectivity index (χ0v) is 16.6. The standard InChI is InChI=1S/C23H26N2O4/c1-16(23(27)24-19-7-8-20-21(15-19)29-14-13-28-20)25-11-9-18(10-12-25)22(26)17-5-3-2-4-6-17/h2-8,15-16,18H,9-14H2,1H3,(H,24,27)/t16-/m1/s1. The molecule has 152 valence electrons. The number of ether oxygens (including phenoxy) is 2. The van der Waals surface area contributed by atoms with E-state index < -0.39 is 0 Å². The molecular formula is C23H26N2O4. The van der Waals surface area contributed by atoms with Gasteiger partial charge in [-0.3, -0.25) is 14.5 Å². The van der Waals surface area contributed by atoms with E-state index in [9.17, 15) is 9.59 Å². The summed E-state index contributed by atoms with van der Waals surface area (Å²) in [6.45, 7) is 4.43. The highest BCUT2D eigenvalue weighted by atomic mass is 16.6. The number of hydrogen-bond donors (Lipinski definition) is 1. The molecule has 1 N–H and O–H groups in total. The van der Waals surface area contributed by atoms with Gasteiger partial charge in [0, 0.05) is 23.2 Å². The minimum atomic E-state index is -0.268. The molecule has 29 heavy (non-hydrogen) atoms. The van der Waals surface area contributed by atoms with Crippen molar-refractivity contribution in [2.24, 2.45) is 5.92 Å². The Kier molecular flexibility index (Phi) is 5.81. The molecule has 0 spiro atoms. The van der Waals surface area contributed by atoms with Gasteiger partial charge < -0.3 is 14.8 Å². The average Bonchev–Trinajstić information content (AvgIpc) is 2.78. The molecule has 1 fully saturated rings. The number of carbonyl (C=O) groups is 2. The molecule has 2 aliphatic heterocycles. The van der Waals surface area contributed by atoms with Gasteiger partial charge in [-0.05, 0) is 45.0 Å². The molecule has 6 nitrogen and oxygen atoms in total. The lowest BCUT2D eigenvalue weighted by molar-refractivity contribution is -0.121. The summed E-state index contributed by atoms with van der Waals surface area (Å²) in [6.07, 6.45) is 1.55. The van der Waals surface area contributed by atoms with E-state index in [1.807, 2.05) is 49.4 Å². The van der Waals surface area contributed by atoms with Gasteiger partial charge in [0.15, 0.2) is 17.3 Å². The van der Waals surface area contributed by atoms with Crippen molar-refractivity contribution in [3.8, 4) is 11.5 Å². The van der Waals surface area contributed by atoms with Crippen LogP contribution in [0.3, 0.4) is 0 Å². The SMILES string of the molecule is C[C@H](C(=O)Nc1ccc2c(c1)OCCO2)N1CCC(C(=O)c2ccccc2)CC1. The number of ketones is 1. The maximum atomic E-state index is 12.7. The quantitative estimate of drug-likeness (QED) is 0.788. The van der Waals surface area contributed by atoms with Crippen molar-refractivity contribution in [1.29, 1.82) is 0 Å². The number of nitrogens with zero attached hydrogens (tertiary/aromatic N) is 1. The van der Waals surface area contributed by atoms with Gasteiger partial charge in [-0.25, -0.2) is 0 Å². The zero-order chi connectivity index (χ0) is 20.2. The summed E-state index contributed by atoms with van der Waals surface area (Å²) in [6, 6.07) is 14.6. The second-order valence-electron chi connectivity index (χ2n) is 7.56. The minimum Gasteiger partial charge on any atom is -0.486 e. The van der Waals surface area contributed by atoms with Crippen LogP contribution < -0.4 is 14.8 Å². The molecule has 2 aromatic carbocycles. The van der Waals surface area contributed by atoms with Gasteiger partial charge >= 0.3 is 0 Å². The summed E-state index contributed by atoms with van der Waals surface area (Å²) in [5, 5.41) is 2.97. The van der Waals surface area contributed by atoms with Crippen molar-refractivity contribution in [2.75, 3.05) is 31.6 Å². The Hall–Kier alpha value is -2.86. The molecule has 0 unspecified atom stereocenters. The number of amides is 1. The van der Waals surface area contributed by atoms with Crippen LogP contribution in [0.4, 0.5) is 5.69 Å². The van der Waals surface area contributed by atoms with Crippen LogP contribution in [0, 0.1) is 5.92 Å². The Morgan fingerprint density at radius 1 is 1.00 bits per heavy atom. The lowest BCUT2D eigenvalue weighted by Crippen LogP contribution is -2.47. The fourth-order valence-electron chi connectivity index (χ4n) is 3.92. The molecule has 2 heterocycles. The fourth-order valence-corrected chi connectivity index (χ4v) is 3.92. The lowest BCUT2D eigenvalue weighted by Gasteiger charge is -2.34. The summed E-state index contributed by atoms with van der Waals surface area (Å²) in [5.74, 6) is 1.53. The summed E-state index contributed by atoms with van der Waals surface area (Å²) in [5.41, 5.74) is 1.47. The Morgan fingerprint density at radius 2 is 1.69 bits per heavy atom. The highest BCUT2D eigenvalue weighted by Gasteiger charge is 2.30. The van der Waals surface area contributed by atoms with Gasteiger partial charge in [0.1, 0.15) is 13.2 Å². The average molecular weight is 394 g/mol. The van der Waals surface area contributed by atoms with E-state index in [1.54, 1.807) is 6.07 Å². The monoisotopic (exact) mass is 394 g/mol. The van der Waals surface area contributed by atoms with Crippen molar-refractivity contribution in [3.05, 3.63) is 54.1 Å². The fraction of sp³-hybridized carbons (Fsp3) is 0.391. The summed E-state index contributed by atoms with van der Waals surface area (Å²) >= 11 is 0. The second-order valence-corrected chi connectivity index (χ2v) is 7.56. The number of anilines is 1. The molecule has 6 heteroatoms. The number of likely N-dealkylation sites (tertiary alicyclic amines) is 1. The maximum Gasteiger partial charge on any atom is 0.241 e. The molecule has 2 aromatic rings. The van der Waals surface area contributed by atoms with Crippen molar-refractivity contribution in [2.45, 2.75) is 25.8 Å². The molecule has 0 aliphatic carbocycles. The van der Waals surface area contributed by atoms with Crippen molar-refractivity contribution < 1.29 is 19.1 Å². The largest absolute Gasteiger partial charge is 0.486 e. The number of piperidine rings is 1. The number of fused-ring (bicyclic) bond motifs is 1. The Morgan fingerprint density at radius 3 is 2.41 bits per heavy atom. The van der Waals surface area contributed by atoms with Gasteiger partial charge in [-0.1, -0.05) is 30.3 Å². The topological polar surface area (TPSA) is 67.9 Å². The van der Waals surface area contributed by atoms with Crippen LogP contribution in [0.5, 0.6) is 11.5 Å².